The maximum Gasteiger partial charge on any atom is 0.0926 e. The number of rotatable bonds is 9. The molecule has 2 aromatic rings. The van der Waals surface area contributed by atoms with Gasteiger partial charge in [0.1, 0.15) is 0 Å². The van der Waals surface area contributed by atoms with E-state index in [1.165, 1.54) is 0 Å². The van der Waals surface area contributed by atoms with Crippen LogP contribution in [0.3, 0.4) is 0 Å². The van der Waals surface area contributed by atoms with Crippen molar-refractivity contribution in [2.75, 3.05) is 6.61 Å². The first kappa shape index (κ1) is 21.6. The van der Waals surface area contributed by atoms with Gasteiger partial charge in [0, 0.05) is 9.82 Å². The SMILES string of the molecule is C[C@@H]1O[C@H](COCc2ccccc2)[C@@H](N=[N+]=[N-])[C@H](OCc2ccccc2)[C@H]1N=[N+]=[N-]. The van der Waals surface area contributed by atoms with Crippen LogP contribution >= 0.6 is 0 Å². The first-order valence-electron chi connectivity index (χ1n) is 9.74. The van der Waals surface area contributed by atoms with Gasteiger partial charge in [-0.05, 0) is 29.1 Å². The fourth-order valence-electron chi connectivity index (χ4n) is 3.51. The first-order chi connectivity index (χ1) is 14.7. The minimum Gasteiger partial charge on any atom is -0.374 e. The van der Waals surface area contributed by atoms with E-state index in [1.54, 1.807) is 0 Å². The van der Waals surface area contributed by atoms with Crippen LogP contribution in [0.2, 0.25) is 0 Å². The predicted molar refractivity (Wildman–Crippen MR) is 111 cm³/mol. The average molecular weight is 408 g/mol. The van der Waals surface area contributed by atoms with Crippen LogP contribution in [-0.2, 0) is 27.4 Å². The molecule has 2 aromatic carbocycles. The fourth-order valence-corrected chi connectivity index (χ4v) is 3.51. The molecule has 0 aliphatic carbocycles. The predicted octanol–water partition coefficient (Wildman–Crippen LogP) is 4.93. The van der Waals surface area contributed by atoms with Crippen LogP contribution in [0.25, 0.3) is 20.9 Å². The maximum absolute atomic E-state index is 9.13. The second-order valence-corrected chi connectivity index (χ2v) is 7.03. The van der Waals surface area contributed by atoms with Crippen molar-refractivity contribution in [3.05, 3.63) is 92.7 Å². The van der Waals surface area contributed by atoms with Gasteiger partial charge in [-0.1, -0.05) is 70.9 Å². The summed E-state index contributed by atoms with van der Waals surface area (Å²) in [5, 5.41) is 7.78. The van der Waals surface area contributed by atoms with Gasteiger partial charge in [0.25, 0.3) is 0 Å². The molecule has 9 heteroatoms. The van der Waals surface area contributed by atoms with Gasteiger partial charge in [0.05, 0.1) is 50.2 Å². The van der Waals surface area contributed by atoms with Crippen LogP contribution in [0.5, 0.6) is 0 Å². The second kappa shape index (κ2) is 11.2. The molecule has 3 rings (SSSR count). The molecule has 1 saturated heterocycles. The lowest BCUT2D eigenvalue weighted by molar-refractivity contribution is -0.156. The lowest BCUT2D eigenvalue weighted by atomic mass is 9.92. The van der Waals surface area contributed by atoms with Crippen molar-refractivity contribution in [1.82, 2.24) is 0 Å². The van der Waals surface area contributed by atoms with E-state index in [0.29, 0.717) is 13.2 Å². The monoisotopic (exact) mass is 408 g/mol. The Labute approximate surface area is 174 Å². The normalized spacial score (nSPS) is 25.7. The molecule has 0 aromatic heterocycles. The highest BCUT2D eigenvalue weighted by Crippen LogP contribution is 2.29. The maximum atomic E-state index is 9.13. The minimum atomic E-state index is -0.693. The molecular weight excluding hydrogens is 384 g/mol. The van der Waals surface area contributed by atoms with Crippen molar-refractivity contribution in [2.24, 2.45) is 10.2 Å². The Balaban J connectivity index is 1.73. The van der Waals surface area contributed by atoms with Gasteiger partial charge in [-0.25, -0.2) is 0 Å². The fraction of sp³-hybridized carbons (Fsp3) is 0.429. The lowest BCUT2D eigenvalue weighted by Gasteiger charge is -2.42. The van der Waals surface area contributed by atoms with Gasteiger partial charge >= 0.3 is 0 Å². The molecule has 0 unspecified atom stereocenters. The van der Waals surface area contributed by atoms with Crippen molar-refractivity contribution in [2.45, 2.75) is 50.5 Å². The number of nitrogens with zero attached hydrogens (tertiary/aromatic N) is 6. The van der Waals surface area contributed by atoms with E-state index in [4.69, 9.17) is 25.3 Å². The van der Waals surface area contributed by atoms with Crippen molar-refractivity contribution < 1.29 is 14.2 Å². The minimum absolute atomic E-state index is 0.219. The van der Waals surface area contributed by atoms with E-state index in [2.05, 4.69) is 20.1 Å². The topological polar surface area (TPSA) is 125 Å². The van der Waals surface area contributed by atoms with E-state index < -0.39 is 30.4 Å². The molecular formula is C21H24N6O3. The molecule has 5 atom stereocenters. The number of hydrogen-bond donors (Lipinski definition) is 0. The highest BCUT2D eigenvalue weighted by molar-refractivity contribution is 5.14. The first-order valence-corrected chi connectivity index (χ1v) is 9.74. The Morgan fingerprint density at radius 1 is 0.867 bits per heavy atom. The summed E-state index contributed by atoms with van der Waals surface area (Å²) in [6, 6.07) is 18.1. The van der Waals surface area contributed by atoms with Crippen LogP contribution in [0, 0.1) is 0 Å². The summed E-state index contributed by atoms with van der Waals surface area (Å²) < 4.78 is 17.9. The highest BCUT2D eigenvalue weighted by atomic mass is 16.6. The third-order valence-corrected chi connectivity index (χ3v) is 4.97. The smallest absolute Gasteiger partial charge is 0.0926 e. The Kier molecular flexibility index (Phi) is 8.09. The van der Waals surface area contributed by atoms with Gasteiger partial charge < -0.3 is 14.2 Å². The molecule has 0 bridgehead atoms. The van der Waals surface area contributed by atoms with Crippen molar-refractivity contribution in [3.63, 3.8) is 0 Å². The lowest BCUT2D eigenvalue weighted by Crippen LogP contribution is -2.57. The summed E-state index contributed by atoms with van der Waals surface area (Å²) >= 11 is 0. The summed E-state index contributed by atoms with van der Waals surface area (Å²) in [6.07, 6.45) is -1.58. The summed E-state index contributed by atoms with van der Waals surface area (Å²) in [4.78, 5) is 5.91. The molecule has 1 aliphatic heterocycles. The Bertz CT molecular complexity index is 884. The number of hydrogen-bond acceptors (Lipinski definition) is 5. The second-order valence-electron chi connectivity index (χ2n) is 7.03. The Morgan fingerprint density at radius 2 is 1.43 bits per heavy atom. The average Bonchev–Trinajstić information content (AvgIpc) is 2.77. The van der Waals surface area contributed by atoms with Crippen molar-refractivity contribution >= 4 is 0 Å². The molecule has 1 heterocycles. The quantitative estimate of drug-likeness (QED) is 0.331. The van der Waals surface area contributed by atoms with Gasteiger partial charge in [-0.3, -0.25) is 0 Å². The number of ether oxygens (including phenoxy) is 3. The molecule has 1 fully saturated rings. The number of benzene rings is 2. The van der Waals surface area contributed by atoms with E-state index >= 15 is 0 Å². The van der Waals surface area contributed by atoms with Gasteiger partial charge in [-0.15, -0.1) is 0 Å². The van der Waals surface area contributed by atoms with E-state index in [1.807, 2.05) is 67.6 Å². The highest BCUT2D eigenvalue weighted by Gasteiger charge is 2.44. The summed E-state index contributed by atoms with van der Waals surface area (Å²) in [6.45, 7) is 2.74. The van der Waals surface area contributed by atoms with Crippen LogP contribution in [-0.4, -0.2) is 37.0 Å². The molecule has 156 valence electrons. The summed E-state index contributed by atoms with van der Waals surface area (Å²) in [5.41, 5.74) is 20.1. The van der Waals surface area contributed by atoms with E-state index in [-0.39, 0.29) is 6.61 Å². The van der Waals surface area contributed by atoms with E-state index in [9.17, 15) is 0 Å². The van der Waals surface area contributed by atoms with Gasteiger partial charge in [0.2, 0.25) is 0 Å². The zero-order valence-electron chi connectivity index (χ0n) is 16.7. The van der Waals surface area contributed by atoms with E-state index in [0.717, 1.165) is 11.1 Å². The molecule has 0 N–H and O–H groups in total. The van der Waals surface area contributed by atoms with Crippen LogP contribution in [0.15, 0.2) is 70.9 Å². The molecule has 1 aliphatic rings. The van der Waals surface area contributed by atoms with Gasteiger partial charge in [0.15, 0.2) is 0 Å². The molecule has 30 heavy (non-hydrogen) atoms. The third kappa shape index (κ3) is 5.73. The standard InChI is InChI=1S/C21H24N6O3/c1-15-19(24-26-22)21(29-13-17-10-6-3-7-11-17)20(25-27-23)18(30-15)14-28-12-16-8-4-2-5-9-16/h2-11,15,18-21H,12-14H2,1H3/t15-,18+,19-,20+,21+/m0/s1. The number of azide groups is 2. The molecule has 0 spiro atoms. The molecule has 0 amide bonds. The zero-order chi connectivity index (χ0) is 21.2. The summed E-state index contributed by atoms with van der Waals surface area (Å²) in [7, 11) is 0. The van der Waals surface area contributed by atoms with Crippen LogP contribution < -0.4 is 0 Å². The van der Waals surface area contributed by atoms with Crippen LogP contribution in [0.1, 0.15) is 18.1 Å². The third-order valence-electron chi connectivity index (χ3n) is 4.97. The molecule has 0 radical (unpaired) electrons. The Hall–Kier alpha value is -3.06. The molecule has 9 nitrogen and oxygen atoms in total. The molecule has 0 saturated carbocycles. The van der Waals surface area contributed by atoms with Crippen molar-refractivity contribution in [1.29, 1.82) is 0 Å². The zero-order valence-corrected chi connectivity index (χ0v) is 16.7. The largest absolute Gasteiger partial charge is 0.374 e. The van der Waals surface area contributed by atoms with Crippen molar-refractivity contribution in [3.8, 4) is 0 Å². The summed E-state index contributed by atoms with van der Waals surface area (Å²) in [5.74, 6) is 0. The Morgan fingerprint density at radius 3 is 2.03 bits per heavy atom. The van der Waals surface area contributed by atoms with Crippen LogP contribution in [0.4, 0.5) is 0 Å². The van der Waals surface area contributed by atoms with Gasteiger partial charge in [-0.2, -0.15) is 0 Å².